The molecule has 0 saturated carbocycles. The largest absolute Gasteiger partial charge is 0.495 e. The highest BCUT2D eigenvalue weighted by Crippen LogP contribution is 2.25. The van der Waals surface area contributed by atoms with Gasteiger partial charge in [0.25, 0.3) is 0 Å². The van der Waals surface area contributed by atoms with E-state index in [1.54, 1.807) is 13.3 Å². The van der Waals surface area contributed by atoms with Crippen LogP contribution < -0.4 is 4.74 Å². The van der Waals surface area contributed by atoms with Crippen molar-refractivity contribution in [1.82, 2.24) is 4.98 Å². The number of rotatable bonds is 1. The van der Waals surface area contributed by atoms with Crippen LogP contribution in [0, 0.1) is 6.92 Å². The van der Waals surface area contributed by atoms with Crippen molar-refractivity contribution in [3.8, 4) is 5.75 Å². The van der Waals surface area contributed by atoms with Crippen molar-refractivity contribution in [2.45, 2.75) is 6.92 Å². The lowest BCUT2D eigenvalue weighted by Gasteiger charge is -2.02. The lowest BCUT2D eigenvalue weighted by Crippen LogP contribution is -1.88. The minimum Gasteiger partial charge on any atom is -0.495 e. The van der Waals surface area contributed by atoms with Gasteiger partial charge in [-0.2, -0.15) is 0 Å². The SMILES string of the molecule is COc1ccnc(C)c1Br. The molecule has 3 heteroatoms. The monoisotopic (exact) mass is 201 g/mol. The Morgan fingerprint density at radius 1 is 1.60 bits per heavy atom. The van der Waals surface area contributed by atoms with Gasteiger partial charge in [-0.05, 0) is 28.9 Å². The topological polar surface area (TPSA) is 22.1 Å². The predicted molar refractivity (Wildman–Crippen MR) is 43.2 cm³/mol. The summed E-state index contributed by atoms with van der Waals surface area (Å²) in [4.78, 5) is 4.06. The third-order valence-corrected chi connectivity index (χ3v) is 2.21. The highest BCUT2D eigenvalue weighted by molar-refractivity contribution is 9.10. The molecule has 0 fully saturated rings. The lowest BCUT2D eigenvalue weighted by atomic mass is 10.4. The van der Waals surface area contributed by atoms with Gasteiger partial charge in [-0.15, -0.1) is 0 Å². The average Bonchev–Trinajstić information content (AvgIpc) is 1.95. The molecule has 0 radical (unpaired) electrons. The predicted octanol–water partition coefficient (Wildman–Crippen LogP) is 2.16. The Bertz CT molecular complexity index is 237. The van der Waals surface area contributed by atoms with Gasteiger partial charge in [0.2, 0.25) is 0 Å². The van der Waals surface area contributed by atoms with E-state index in [4.69, 9.17) is 4.74 Å². The van der Waals surface area contributed by atoms with Crippen LogP contribution >= 0.6 is 15.9 Å². The number of methoxy groups -OCH3 is 1. The number of nitrogens with zero attached hydrogens (tertiary/aromatic N) is 1. The van der Waals surface area contributed by atoms with Crippen LogP contribution in [0.4, 0.5) is 0 Å². The Kier molecular flexibility index (Phi) is 2.27. The zero-order chi connectivity index (χ0) is 7.56. The molecule has 0 unspecified atom stereocenters. The fourth-order valence-electron chi connectivity index (χ4n) is 0.683. The van der Waals surface area contributed by atoms with E-state index in [1.807, 2.05) is 13.0 Å². The fourth-order valence-corrected chi connectivity index (χ4v) is 1.08. The summed E-state index contributed by atoms with van der Waals surface area (Å²) in [5, 5.41) is 0. The van der Waals surface area contributed by atoms with E-state index in [1.165, 1.54) is 0 Å². The first-order chi connectivity index (χ1) is 4.75. The second-order valence-electron chi connectivity index (χ2n) is 1.91. The number of hydrogen-bond acceptors (Lipinski definition) is 2. The molecule has 0 bridgehead atoms. The molecule has 0 saturated heterocycles. The molecular weight excluding hydrogens is 194 g/mol. The number of aromatic nitrogens is 1. The molecule has 10 heavy (non-hydrogen) atoms. The van der Waals surface area contributed by atoms with Crippen molar-refractivity contribution in [2.24, 2.45) is 0 Å². The first-order valence-electron chi connectivity index (χ1n) is 2.91. The smallest absolute Gasteiger partial charge is 0.136 e. The van der Waals surface area contributed by atoms with Crippen molar-refractivity contribution in [1.29, 1.82) is 0 Å². The van der Waals surface area contributed by atoms with Crippen LogP contribution in [0.5, 0.6) is 5.75 Å². The summed E-state index contributed by atoms with van der Waals surface area (Å²) in [7, 11) is 1.64. The van der Waals surface area contributed by atoms with Gasteiger partial charge in [-0.3, -0.25) is 4.98 Å². The molecule has 54 valence electrons. The van der Waals surface area contributed by atoms with Gasteiger partial charge >= 0.3 is 0 Å². The van der Waals surface area contributed by atoms with Gasteiger partial charge in [0.15, 0.2) is 0 Å². The summed E-state index contributed by atoms with van der Waals surface area (Å²) in [5.41, 5.74) is 0.944. The molecule has 1 aromatic heterocycles. The molecular formula is C7H8BrNO. The number of aryl methyl sites for hydroxylation is 1. The van der Waals surface area contributed by atoms with Gasteiger partial charge in [-0.25, -0.2) is 0 Å². The maximum atomic E-state index is 5.04. The van der Waals surface area contributed by atoms with Crippen LogP contribution in [0.2, 0.25) is 0 Å². The van der Waals surface area contributed by atoms with Crippen molar-refractivity contribution < 1.29 is 4.74 Å². The number of ether oxygens (including phenoxy) is 1. The Morgan fingerprint density at radius 2 is 2.30 bits per heavy atom. The minimum atomic E-state index is 0.826. The second kappa shape index (κ2) is 3.01. The molecule has 0 N–H and O–H groups in total. The summed E-state index contributed by atoms with van der Waals surface area (Å²) < 4.78 is 5.97. The molecule has 0 aromatic carbocycles. The third kappa shape index (κ3) is 1.29. The van der Waals surface area contributed by atoms with Crippen LogP contribution in [0.25, 0.3) is 0 Å². The first-order valence-corrected chi connectivity index (χ1v) is 3.70. The molecule has 0 aliphatic heterocycles. The second-order valence-corrected chi connectivity index (χ2v) is 2.71. The normalized spacial score (nSPS) is 9.50. The van der Waals surface area contributed by atoms with E-state index in [-0.39, 0.29) is 0 Å². The molecule has 0 spiro atoms. The van der Waals surface area contributed by atoms with Gasteiger partial charge < -0.3 is 4.74 Å². The van der Waals surface area contributed by atoms with Crippen molar-refractivity contribution in [3.05, 3.63) is 22.4 Å². The molecule has 1 aromatic rings. The standard InChI is InChI=1S/C7H8BrNO/c1-5-7(8)6(10-2)3-4-9-5/h3-4H,1-2H3. The third-order valence-electron chi connectivity index (χ3n) is 1.25. The molecule has 2 nitrogen and oxygen atoms in total. The van der Waals surface area contributed by atoms with Gasteiger partial charge in [-0.1, -0.05) is 0 Å². The Hall–Kier alpha value is -0.570. The van der Waals surface area contributed by atoms with E-state index in [9.17, 15) is 0 Å². The maximum Gasteiger partial charge on any atom is 0.136 e. The summed E-state index contributed by atoms with van der Waals surface area (Å²) >= 11 is 3.35. The molecule has 0 atom stereocenters. The zero-order valence-corrected chi connectivity index (χ0v) is 7.47. The van der Waals surface area contributed by atoms with Gasteiger partial charge in [0, 0.05) is 6.20 Å². The van der Waals surface area contributed by atoms with Gasteiger partial charge in [0.05, 0.1) is 17.3 Å². The number of pyridine rings is 1. The van der Waals surface area contributed by atoms with Crippen LogP contribution in [-0.2, 0) is 0 Å². The average molecular weight is 202 g/mol. The molecule has 0 aliphatic rings. The summed E-state index contributed by atoms with van der Waals surface area (Å²) in [6.07, 6.45) is 1.72. The Balaban J connectivity index is 3.14. The Labute approximate surface area is 68.4 Å². The molecule has 1 rings (SSSR count). The maximum absolute atomic E-state index is 5.04. The highest BCUT2D eigenvalue weighted by atomic mass is 79.9. The number of hydrogen-bond donors (Lipinski definition) is 0. The van der Waals surface area contributed by atoms with E-state index in [0.29, 0.717) is 0 Å². The first kappa shape index (κ1) is 7.54. The highest BCUT2D eigenvalue weighted by Gasteiger charge is 2.00. The van der Waals surface area contributed by atoms with E-state index < -0.39 is 0 Å². The van der Waals surface area contributed by atoms with E-state index in [0.717, 1.165) is 15.9 Å². The minimum absolute atomic E-state index is 0.826. The quantitative estimate of drug-likeness (QED) is 0.696. The Morgan fingerprint density at radius 3 is 2.80 bits per heavy atom. The molecule has 0 amide bonds. The van der Waals surface area contributed by atoms with Crippen LogP contribution in [-0.4, -0.2) is 12.1 Å². The molecule has 0 aliphatic carbocycles. The van der Waals surface area contributed by atoms with E-state index >= 15 is 0 Å². The molecule has 1 heterocycles. The van der Waals surface area contributed by atoms with Crippen molar-refractivity contribution >= 4 is 15.9 Å². The lowest BCUT2D eigenvalue weighted by molar-refractivity contribution is 0.411. The van der Waals surface area contributed by atoms with Crippen molar-refractivity contribution in [2.75, 3.05) is 7.11 Å². The summed E-state index contributed by atoms with van der Waals surface area (Å²) in [6, 6.07) is 1.82. The van der Waals surface area contributed by atoms with Gasteiger partial charge in [0.1, 0.15) is 5.75 Å². The summed E-state index contributed by atoms with van der Waals surface area (Å²) in [6.45, 7) is 1.92. The van der Waals surface area contributed by atoms with E-state index in [2.05, 4.69) is 20.9 Å². The van der Waals surface area contributed by atoms with Crippen LogP contribution in [0.15, 0.2) is 16.7 Å². The van der Waals surface area contributed by atoms with Crippen molar-refractivity contribution in [3.63, 3.8) is 0 Å². The van der Waals surface area contributed by atoms with Crippen LogP contribution in [0.1, 0.15) is 5.69 Å². The number of halogens is 1. The zero-order valence-electron chi connectivity index (χ0n) is 5.89. The van der Waals surface area contributed by atoms with Crippen LogP contribution in [0.3, 0.4) is 0 Å². The fraction of sp³-hybridized carbons (Fsp3) is 0.286. The summed E-state index contributed by atoms with van der Waals surface area (Å²) in [5.74, 6) is 0.826.